The van der Waals surface area contributed by atoms with Crippen LogP contribution in [0.25, 0.3) is 11.3 Å². The van der Waals surface area contributed by atoms with Crippen LogP contribution in [0.5, 0.6) is 17.2 Å². The highest BCUT2D eigenvalue weighted by atomic mass is 35.5. The van der Waals surface area contributed by atoms with Gasteiger partial charge in [0, 0.05) is 30.6 Å². The van der Waals surface area contributed by atoms with Gasteiger partial charge in [-0.15, -0.1) is 0 Å². The summed E-state index contributed by atoms with van der Waals surface area (Å²) in [5.41, 5.74) is -0.550. The first-order chi connectivity index (χ1) is 21.8. The highest BCUT2D eigenvalue weighted by molar-refractivity contribution is 6.31. The van der Waals surface area contributed by atoms with Crippen molar-refractivity contribution in [2.24, 2.45) is 5.92 Å². The van der Waals surface area contributed by atoms with Crippen LogP contribution in [-0.4, -0.2) is 65.9 Å². The predicted molar refractivity (Wildman–Crippen MR) is 171 cm³/mol. The number of carbonyl (C=O) groups excluding carboxylic acids is 2. The number of amides is 1. The molecule has 1 N–H and O–H groups in total. The van der Waals surface area contributed by atoms with E-state index < -0.39 is 23.1 Å². The Labute approximate surface area is 273 Å². The van der Waals surface area contributed by atoms with Crippen LogP contribution < -0.4 is 14.2 Å². The van der Waals surface area contributed by atoms with E-state index in [1.165, 1.54) is 32.4 Å². The highest BCUT2D eigenvalue weighted by Gasteiger charge is 2.41. The summed E-state index contributed by atoms with van der Waals surface area (Å²) in [6, 6.07) is 12.7. The average molecular weight is 655 g/mol. The quantitative estimate of drug-likeness (QED) is 0.204. The molecule has 1 aliphatic carbocycles. The first-order valence-electron chi connectivity index (χ1n) is 15.4. The van der Waals surface area contributed by atoms with Gasteiger partial charge in [0.15, 0.2) is 17.3 Å². The number of methoxy groups -OCH3 is 2. The number of hydrogen-bond acceptors (Lipinski definition) is 8. The second-order valence-corrected chi connectivity index (χ2v) is 13.4. The minimum absolute atomic E-state index is 0.0103. The number of benzene rings is 2. The van der Waals surface area contributed by atoms with Crippen LogP contribution in [0, 0.1) is 11.7 Å². The van der Waals surface area contributed by atoms with Gasteiger partial charge in [0.25, 0.3) is 0 Å². The number of nitrogens with zero attached hydrogens (tertiary/aromatic N) is 2. The molecule has 46 heavy (non-hydrogen) atoms. The number of aliphatic hydroxyl groups is 1. The Bertz CT molecular complexity index is 1600. The van der Waals surface area contributed by atoms with Gasteiger partial charge in [-0.2, -0.15) is 0 Å². The number of carbonyl (C=O) groups is 2. The summed E-state index contributed by atoms with van der Waals surface area (Å²) < 4.78 is 36.4. The molecule has 0 spiro atoms. The molecule has 0 radical (unpaired) electrons. The fourth-order valence-corrected chi connectivity index (χ4v) is 5.66. The number of hydrogen-bond donors (Lipinski definition) is 1. The van der Waals surface area contributed by atoms with E-state index in [1.807, 2.05) is 20.8 Å². The maximum absolute atomic E-state index is 14.0. The average Bonchev–Trinajstić information content (AvgIpc) is 3.82. The third-order valence-electron chi connectivity index (χ3n) is 8.05. The molecule has 1 amide bonds. The molecule has 1 saturated heterocycles. The second-order valence-electron chi connectivity index (χ2n) is 13.0. The van der Waals surface area contributed by atoms with E-state index >= 15 is 0 Å². The van der Waals surface area contributed by atoms with Crippen LogP contribution >= 0.6 is 11.6 Å². The van der Waals surface area contributed by atoms with E-state index in [1.54, 1.807) is 35.2 Å². The molecule has 1 aliphatic heterocycles. The van der Waals surface area contributed by atoms with E-state index in [0.29, 0.717) is 52.9 Å². The number of halogens is 2. The zero-order valence-electron chi connectivity index (χ0n) is 26.8. The van der Waals surface area contributed by atoms with E-state index in [2.05, 4.69) is 0 Å². The Kier molecular flexibility index (Phi) is 9.79. The second kappa shape index (κ2) is 13.5. The minimum atomic E-state index is -1.55. The molecule has 2 fully saturated rings. The first-order valence-corrected chi connectivity index (χ1v) is 15.8. The molecule has 246 valence electrons. The summed E-state index contributed by atoms with van der Waals surface area (Å²) in [5.74, 6) is 0.651. The number of ketones is 1. The summed E-state index contributed by atoms with van der Waals surface area (Å²) in [6.45, 7) is 6.20. The van der Waals surface area contributed by atoms with Crippen molar-refractivity contribution in [2.45, 2.75) is 70.2 Å². The number of aromatic nitrogens is 1. The minimum Gasteiger partial charge on any atom is -0.494 e. The van der Waals surface area contributed by atoms with Gasteiger partial charge in [-0.1, -0.05) is 11.6 Å². The third-order valence-corrected chi connectivity index (χ3v) is 8.34. The van der Waals surface area contributed by atoms with Crippen LogP contribution in [0.3, 0.4) is 0 Å². The molecule has 0 bridgehead atoms. The molecule has 9 nitrogen and oxygen atoms in total. The van der Waals surface area contributed by atoms with Crippen molar-refractivity contribution >= 4 is 23.5 Å². The lowest BCUT2D eigenvalue weighted by Gasteiger charge is -2.43. The lowest BCUT2D eigenvalue weighted by atomic mass is 9.80. The predicted octanol–water partition coefficient (Wildman–Crippen LogP) is 7.21. The van der Waals surface area contributed by atoms with Crippen LogP contribution in [0.2, 0.25) is 5.02 Å². The number of pyridine rings is 1. The van der Waals surface area contributed by atoms with E-state index in [-0.39, 0.29) is 42.1 Å². The maximum atomic E-state index is 14.0. The van der Waals surface area contributed by atoms with Crippen molar-refractivity contribution in [1.82, 2.24) is 9.88 Å². The molecular weight excluding hydrogens is 615 g/mol. The fraction of sp³-hybridized carbons (Fsp3) is 0.457. The summed E-state index contributed by atoms with van der Waals surface area (Å²) in [6.07, 6.45) is 2.05. The van der Waals surface area contributed by atoms with Gasteiger partial charge in [-0.3, -0.25) is 4.79 Å². The van der Waals surface area contributed by atoms with Crippen molar-refractivity contribution in [2.75, 3.05) is 27.3 Å². The molecule has 3 aromatic rings. The summed E-state index contributed by atoms with van der Waals surface area (Å²) in [7, 11) is 3.02. The van der Waals surface area contributed by atoms with Gasteiger partial charge >= 0.3 is 6.09 Å². The molecular formula is C35H40ClFN2O7. The van der Waals surface area contributed by atoms with Crippen molar-refractivity contribution in [3.63, 3.8) is 0 Å². The highest BCUT2D eigenvalue weighted by Crippen LogP contribution is 2.40. The summed E-state index contributed by atoms with van der Waals surface area (Å²) >= 11 is 6.08. The molecule has 1 atom stereocenters. The smallest absolute Gasteiger partial charge is 0.410 e. The van der Waals surface area contributed by atoms with E-state index in [4.69, 9.17) is 35.5 Å². The number of likely N-dealkylation sites (tertiary alicyclic amines) is 1. The number of Topliss-reactive ketones (excluding diaryl/α,β-unsaturated/α-hetero) is 1. The Balaban J connectivity index is 1.40. The molecule has 2 aliphatic rings. The molecule has 1 saturated carbocycles. The first kappa shape index (κ1) is 33.5. The van der Waals surface area contributed by atoms with Crippen molar-refractivity contribution in [3.8, 4) is 28.5 Å². The van der Waals surface area contributed by atoms with E-state index in [0.717, 1.165) is 12.8 Å². The normalized spacial score (nSPS) is 16.3. The van der Waals surface area contributed by atoms with Gasteiger partial charge in [0.05, 0.1) is 31.0 Å². The molecule has 1 unspecified atom stereocenters. The van der Waals surface area contributed by atoms with Crippen LogP contribution in [0.15, 0.2) is 48.5 Å². The van der Waals surface area contributed by atoms with Crippen LogP contribution in [0.1, 0.15) is 68.9 Å². The monoisotopic (exact) mass is 654 g/mol. The maximum Gasteiger partial charge on any atom is 0.410 e. The molecule has 2 aromatic carbocycles. The molecule has 1 aromatic heterocycles. The zero-order valence-corrected chi connectivity index (χ0v) is 27.5. The van der Waals surface area contributed by atoms with Gasteiger partial charge in [-0.25, -0.2) is 14.2 Å². The van der Waals surface area contributed by atoms with E-state index in [9.17, 15) is 19.1 Å². The number of rotatable bonds is 12. The summed E-state index contributed by atoms with van der Waals surface area (Å²) in [4.78, 5) is 32.4. The lowest BCUT2D eigenvalue weighted by Crippen LogP contribution is -2.53. The van der Waals surface area contributed by atoms with Crippen molar-refractivity contribution < 1.29 is 38.0 Å². The Morgan fingerprint density at radius 2 is 1.70 bits per heavy atom. The van der Waals surface area contributed by atoms with Gasteiger partial charge in [0.2, 0.25) is 0 Å². The molecule has 11 heteroatoms. The van der Waals surface area contributed by atoms with Gasteiger partial charge in [0.1, 0.15) is 28.5 Å². The standard InChI is InChI=1S/C35H40ClFN2O7/c1-34(2,3)46-33(41)39-19-21(20-39)18-35(42,15-14-27(40)22-7-11-28(30(17-22)44-5)45-24-8-9-24)31-13-12-29(43-4)32(38-31)23-6-10-26(37)25(36)16-23/h6-7,10-13,16-17,21,24,42H,8-9,14-15,18-20H2,1-5H3. The van der Waals surface area contributed by atoms with Gasteiger partial charge < -0.3 is 29.0 Å². The topological polar surface area (TPSA) is 107 Å². The Morgan fingerprint density at radius 3 is 2.33 bits per heavy atom. The van der Waals surface area contributed by atoms with Crippen molar-refractivity contribution in [3.05, 3.63) is 70.6 Å². The molecule has 5 rings (SSSR count). The van der Waals surface area contributed by atoms with Gasteiger partial charge in [-0.05, 0) is 101 Å². The SMILES string of the molecule is COc1cc(C(=O)CCC(O)(CC2CN(C(=O)OC(C)(C)C)C2)c2ccc(OC)c(-c3ccc(F)c(Cl)c3)n2)ccc1OC1CC1. The Hall–Kier alpha value is -3.89. The molecule has 2 heterocycles. The largest absolute Gasteiger partial charge is 0.494 e. The van der Waals surface area contributed by atoms with Crippen LogP contribution in [-0.2, 0) is 10.3 Å². The van der Waals surface area contributed by atoms with Crippen LogP contribution in [0.4, 0.5) is 9.18 Å². The number of ether oxygens (including phenoxy) is 4. The third kappa shape index (κ3) is 7.90. The van der Waals surface area contributed by atoms with Crippen molar-refractivity contribution in [1.29, 1.82) is 0 Å². The Morgan fingerprint density at radius 1 is 1.00 bits per heavy atom. The fourth-order valence-electron chi connectivity index (χ4n) is 5.48. The zero-order chi connectivity index (χ0) is 33.2. The summed E-state index contributed by atoms with van der Waals surface area (Å²) in [5, 5.41) is 12.2. The lowest BCUT2D eigenvalue weighted by molar-refractivity contribution is -0.0434.